The Morgan fingerprint density at radius 1 is 0.328 bits per heavy atom. The maximum atomic E-state index is 7.50. The predicted octanol–water partition coefficient (Wildman–Crippen LogP) is 17.2. The molecular weight excluding hydrogens is 777 g/mol. The average Bonchev–Trinajstić information content (AvgIpc) is 3.59. The first-order valence-electron chi connectivity index (χ1n) is 22.1. The zero-order chi connectivity index (χ0) is 42.8. The molecule has 0 N–H and O–H groups in total. The largest absolute Gasteiger partial charge is 0.452 e. The van der Waals surface area contributed by atoms with Crippen LogP contribution in [0.5, 0.6) is 11.5 Å². The van der Waals surface area contributed by atoms with E-state index in [1.807, 2.05) is 0 Å². The van der Waals surface area contributed by atoms with E-state index in [4.69, 9.17) is 4.74 Å². The Morgan fingerprint density at radius 2 is 0.812 bits per heavy atom. The minimum atomic E-state index is -0.170. The molecule has 0 amide bonds. The monoisotopic (exact) mass is 820 g/mol. The van der Waals surface area contributed by atoms with Crippen molar-refractivity contribution in [3.05, 3.63) is 242 Å². The summed E-state index contributed by atoms with van der Waals surface area (Å²) in [5, 5.41) is 2.24. The highest BCUT2D eigenvalue weighted by atomic mass is 16.5. The van der Waals surface area contributed by atoms with Crippen molar-refractivity contribution in [3.63, 3.8) is 0 Å². The lowest BCUT2D eigenvalue weighted by molar-refractivity contribution is 0.489. The maximum absolute atomic E-state index is 7.50. The molecule has 0 radical (unpaired) electrons. The lowest BCUT2D eigenvalue weighted by Gasteiger charge is -2.34. The van der Waals surface area contributed by atoms with Gasteiger partial charge < -0.3 is 14.5 Å². The molecule has 0 unspecified atom stereocenters. The number of rotatable bonds is 8. The minimum absolute atomic E-state index is 0.170. The number of benzene rings is 10. The van der Waals surface area contributed by atoms with Gasteiger partial charge in [-0.15, -0.1) is 0 Å². The normalized spacial score (nSPS) is 12.8. The number of nitrogens with zero attached hydrogens (tertiary/aromatic N) is 2. The molecule has 10 aromatic rings. The second-order valence-electron chi connectivity index (χ2n) is 17.3. The van der Waals surface area contributed by atoms with Crippen LogP contribution in [0.3, 0.4) is 0 Å². The van der Waals surface area contributed by atoms with E-state index in [1.54, 1.807) is 0 Å². The molecule has 10 aromatic carbocycles. The Kier molecular flexibility index (Phi) is 8.84. The zero-order valence-electron chi connectivity index (χ0n) is 35.7. The van der Waals surface area contributed by atoms with Gasteiger partial charge in [0.1, 0.15) is 0 Å². The van der Waals surface area contributed by atoms with Gasteiger partial charge in [0.15, 0.2) is 11.5 Å². The SMILES string of the molecule is CC1(C)c2ccccc2-c2ccc(N(c3ccc(-c4ccc(-c5ccccc5)cc4)cc3)c3ccc4cccc5c4c3Oc3c-5cccc3N(c3ccccc3)c3ccccc3)cc21. The highest BCUT2D eigenvalue weighted by Crippen LogP contribution is 2.57. The number of hydrogen-bond donors (Lipinski definition) is 0. The van der Waals surface area contributed by atoms with Gasteiger partial charge >= 0.3 is 0 Å². The van der Waals surface area contributed by atoms with E-state index in [1.165, 1.54) is 38.9 Å². The van der Waals surface area contributed by atoms with Gasteiger partial charge in [0, 0.05) is 39.1 Å². The van der Waals surface area contributed by atoms with E-state index in [9.17, 15) is 0 Å². The van der Waals surface area contributed by atoms with Crippen LogP contribution in [-0.4, -0.2) is 0 Å². The molecule has 0 saturated carbocycles. The first-order valence-corrected chi connectivity index (χ1v) is 22.1. The molecule has 64 heavy (non-hydrogen) atoms. The fourth-order valence-electron chi connectivity index (χ4n) is 10.1. The molecular formula is C61H44N2O. The summed E-state index contributed by atoms with van der Waals surface area (Å²) in [6.45, 7) is 4.70. The van der Waals surface area contributed by atoms with Gasteiger partial charge in [-0.05, 0) is 116 Å². The quantitative estimate of drug-likeness (QED) is 0.152. The molecule has 1 aliphatic heterocycles. The summed E-state index contributed by atoms with van der Waals surface area (Å²) < 4.78 is 7.50. The van der Waals surface area contributed by atoms with E-state index >= 15 is 0 Å². The van der Waals surface area contributed by atoms with Crippen LogP contribution in [0.2, 0.25) is 0 Å². The number of ether oxygens (including phenoxy) is 1. The van der Waals surface area contributed by atoms with Crippen LogP contribution in [0.15, 0.2) is 231 Å². The third-order valence-electron chi connectivity index (χ3n) is 13.3. The van der Waals surface area contributed by atoms with Crippen molar-refractivity contribution in [2.75, 3.05) is 9.80 Å². The van der Waals surface area contributed by atoms with Crippen LogP contribution in [0.25, 0.3) is 55.3 Å². The molecule has 1 heterocycles. The molecule has 0 atom stereocenters. The molecule has 0 bridgehead atoms. The molecule has 0 fully saturated rings. The Bertz CT molecular complexity index is 3320. The molecule has 1 aliphatic carbocycles. The highest BCUT2D eigenvalue weighted by molar-refractivity contribution is 6.09. The third-order valence-corrected chi connectivity index (χ3v) is 13.3. The first kappa shape index (κ1) is 37.6. The lowest BCUT2D eigenvalue weighted by Crippen LogP contribution is -2.17. The topological polar surface area (TPSA) is 15.7 Å². The fourth-order valence-corrected chi connectivity index (χ4v) is 10.1. The summed E-state index contributed by atoms with van der Waals surface area (Å²) >= 11 is 0. The highest BCUT2D eigenvalue weighted by Gasteiger charge is 2.36. The van der Waals surface area contributed by atoms with Crippen LogP contribution in [0, 0.1) is 0 Å². The Labute approximate surface area is 374 Å². The van der Waals surface area contributed by atoms with Crippen molar-refractivity contribution in [3.8, 4) is 56.0 Å². The van der Waals surface area contributed by atoms with Gasteiger partial charge in [0.05, 0.1) is 11.4 Å². The summed E-state index contributed by atoms with van der Waals surface area (Å²) in [5.74, 6) is 1.65. The molecule has 2 aliphatic rings. The Hall–Kier alpha value is -8.14. The van der Waals surface area contributed by atoms with Crippen LogP contribution >= 0.6 is 0 Å². The zero-order valence-corrected chi connectivity index (χ0v) is 35.7. The number of fused-ring (bicyclic) bond motifs is 5. The van der Waals surface area contributed by atoms with Crippen molar-refractivity contribution in [1.82, 2.24) is 0 Å². The van der Waals surface area contributed by atoms with Crippen molar-refractivity contribution in [2.45, 2.75) is 19.3 Å². The van der Waals surface area contributed by atoms with Crippen molar-refractivity contribution >= 4 is 44.9 Å². The van der Waals surface area contributed by atoms with Crippen LogP contribution in [-0.2, 0) is 5.41 Å². The lowest BCUT2D eigenvalue weighted by atomic mass is 9.82. The smallest absolute Gasteiger partial charge is 0.160 e. The Morgan fingerprint density at radius 3 is 1.50 bits per heavy atom. The fraction of sp³-hybridized carbons (Fsp3) is 0.0492. The van der Waals surface area contributed by atoms with E-state index in [0.29, 0.717) is 0 Å². The van der Waals surface area contributed by atoms with Crippen LogP contribution in [0.1, 0.15) is 25.0 Å². The summed E-state index contributed by atoms with van der Waals surface area (Å²) in [6, 6.07) is 83.0. The molecule has 0 spiro atoms. The van der Waals surface area contributed by atoms with E-state index in [0.717, 1.165) is 73.1 Å². The maximum Gasteiger partial charge on any atom is 0.160 e. The van der Waals surface area contributed by atoms with Crippen LogP contribution in [0.4, 0.5) is 34.1 Å². The Balaban J connectivity index is 1.04. The molecule has 0 aromatic heterocycles. The molecule has 3 heteroatoms. The van der Waals surface area contributed by atoms with Crippen LogP contribution < -0.4 is 14.5 Å². The second kappa shape index (κ2) is 15.0. The van der Waals surface area contributed by atoms with Gasteiger partial charge in [0.2, 0.25) is 0 Å². The van der Waals surface area contributed by atoms with Gasteiger partial charge in [-0.1, -0.05) is 184 Å². The second-order valence-corrected chi connectivity index (χ2v) is 17.3. The summed E-state index contributed by atoms with van der Waals surface area (Å²) in [7, 11) is 0. The molecule has 3 nitrogen and oxygen atoms in total. The van der Waals surface area contributed by atoms with Gasteiger partial charge in [0.25, 0.3) is 0 Å². The molecule has 12 rings (SSSR count). The van der Waals surface area contributed by atoms with Gasteiger partial charge in [-0.3, -0.25) is 0 Å². The molecule has 304 valence electrons. The minimum Gasteiger partial charge on any atom is -0.452 e. The third kappa shape index (κ3) is 6.12. The standard InChI is InChI=1S/C61H44N2O/c1-61(2)54-26-13-12-23-50(54)51-38-37-49(40-55(51)61)63(48-35-32-44(33-36-48)43-30-28-42(29-31-43)41-16-6-3-7-17-41)57-39-34-45-18-14-24-52-53-25-15-27-56(59(53)64-60(57)58(45)52)62(46-19-8-4-9-20-46)47-21-10-5-11-22-47/h3-40H,1-2H3. The van der Waals surface area contributed by atoms with E-state index in [2.05, 4.69) is 254 Å². The summed E-state index contributed by atoms with van der Waals surface area (Å²) in [5.41, 5.74) is 18.3. The van der Waals surface area contributed by atoms with Crippen molar-refractivity contribution < 1.29 is 4.74 Å². The number of hydrogen-bond acceptors (Lipinski definition) is 3. The van der Waals surface area contributed by atoms with Gasteiger partial charge in [-0.25, -0.2) is 0 Å². The summed E-state index contributed by atoms with van der Waals surface area (Å²) in [6.07, 6.45) is 0. The number of anilines is 6. The van der Waals surface area contributed by atoms with Crippen molar-refractivity contribution in [1.29, 1.82) is 0 Å². The van der Waals surface area contributed by atoms with E-state index in [-0.39, 0.29) is 5.41 Å². The summed E-state index contributed by atoms with van der Waals surface area (Å²) in [4.78, 5) is 4.70. The molecule has 0 saturated heterocycles. The van der Waals surface area contributed by atoms with Gasteiger partial charge in [-0.2, -0.15) is 0 Å². The number of para-hydroxylation sites is 3. The van der Waals surface area contributed by atoms with Crippen molar-refractivity contribution in [2.24, 2.45) is 0 Å². The van der Waals surface area contributed by atoms with E-state index < -0.39 is 0 Å². The average molecular weight is 821 g/mol. The predicted molar refractivity (Wildman–Crippen MR) is 267 cm³/mol. The first-order chi connectivity index (χ1) is 31.5.